The van der Waals surface area contributed by atoms with Gasteiger partial charge < -0.3 is 15.4 Å². The Labute approximate surface area is 134 Å². The fourth-order valence-corrected chi connectivity index (χ4v) is 2.69. The van der Waals surface area contributed by atoms with Gasteiger partial charge in [0.2, 0.25) is 5.91 Å². The van der Waals surface area contributed by atoms with Crippen LogP contribution < -0.4 is 15.4 Å². The van der Waals surface area contributed by atoms with Crippen molar-refractivity contribution in [2.24, 2.45) is 11.8 Å². The van der Waals surface area contributed by atoms with Gasteiger partial charge in [0.15, 0.2) is 0 Å². The summed E-state index contributed by atoms with van der Waals surface area (Å²) < 4.78 is 29.3. The van der Waals surface area contributed by atoms with E-state index in [1.807, 2.05) is 0 Å². The number of hydrogen-bond donors (Lipinski definition) is 2. The number of amides is 1. The smallest absolute Gasteiger partial charge is 0.387 e. The van der Waals surface area contributed by atoms with Crippen LogP contribution in [0.3, 0.4) is 0 Å². The Bertz CT molecular complexity index is 526. The Morgan fingerprint density at radius 1 is 1.36 bits per heavy atom. The summed E-state index contributed by atoms with van der Waals surface area (Å²) in [5.74, 6) is 0.565. The number of alkyl halides is 2. The minimum atomic E-state index is -2.84. The summed E-state index contributed by atoms with van der Waals surface area (Å²) in [6.45, 7) is -0.272. The molecule has 1 amide bonds. The standard InChI is InChI=1S/C15H18F2N2O2.ClH/c16-15(17)21-13-4-2-1-3-10(13)11-5-12(11)14(20)19-8-9-6-18-7-9;/h1-4,9,11-12,15,18H,5-8H2,(H,19,20);1H. The van der Waals surface area contributed by atoms with Gasteiger partial charge in [0, 0.05) is 31.5 Å². The van der Waals surface area contributed by atoms with Crippen LogP contribution >= 0.6 is 12.4 Å². The maximum Gasteiger partial charge on any atom is 0.387 e. The zero-order chi connectivity index (χ0) is 14.8. The van der Waals surface area contributed by atoms with Crippen LogP contribution in [0.1, 0.15) is 17.9 Å². The monoisotopic (exact) mass is 332 g/mol. The largest absolute Gasteiger partial charge is 0.435 e. The van der Waals surface area contributed by atoms with Crippen molar-refractivity contribution in [3.05, 3.63) is 29.8 Å². The highest BCUT2D eigenvalue weighted by Crippen LogP contribution is 2.50. The quantitative estimate of drug-likeness (QED) is 0.839. The SMILES string of the molecule is Cl.O=C(NCC1CNC1)C1CC1c1ccccc1OC(F)F. The molecular weight excluding hydrogens is 314 g/mol. The lowest BCUT2D eigenvalue weighted by Crippen LogP contribution is -2.48. The predicted octanol–water partition coefficient (Wildman–Crippen LogP) is 2.15. The molecule has 1 aliphatic carbocycles. The highest BCUT2D eigenvalue weighted by molar-refractivity contribution is 5.85. The molecule has 0 aromatic heterocycles. The van der Waals surface area contributed by atoms with Gasteiger partial charge in [0.05, 0.1) is 0 Å². The first kappa shape index (κ1) is 17.0. The topological polar surface area (TPSA) is 50.4 Å². The van der Waals surface area contributed by atoms with E-state index in [0.29, 0.717) is 24.4 Å². The molecule has 2 N–H and O–H groups in total. The lowest BCUT2D eigenvalue weighted by Gasteiger charge is -2.27. The average molecular weight is 333 g/mol. The molecule has 1 saturated carbocycles. The molecule has 0 radical (unpaired) electrons. The van der Waals surface area contributed by atoms with Crippen molar-refractivity contribution in [1.82, 2.24) is 10.6 Å². The van der Waals surface area contributed by atoms with Crippen molar-refractivity contribution in [3.63, 3.8) is 0 Å². The maximum atomic E-state index is 12.4. The second kappa shape index (κ2) is 7.24. The number of carbonyl (C=O) groups excluding carboxylic acids is 1. The lowest BCUT2D eigenvalue weighted by atomic mass is 10.0. The summed E-state index contributed by atoms with van der Waals surface area (Å²) in [6.07, 6.45) is 0.693. The van der Waals surface area contributed by atoms with Crippen molar-refractivity contribution in [3.8, 4) is 5.75 Å². The molecule has 3 rings (SSSR count). The van der Waals surface area contributed by atoms with Gasteiger partial charge >= 0.3 is 6.61 Å². The number of carbonyl (C=O) groups is 1. The molecule has 0 spiro atoms. The molecule has 2 aliphatic rings. The van der Waals surface area contributed by atoms with Gasteiger partial charge in [0.1, 0.15) is 5.75 Å². The number of hydrogen-bond acceptors (Lipinski definition) is 3. The normalized spacial score (nSPS) is 23.4. The molecule has 1 aliphatic heterocycles. The third kappa shape index (κ3) is 3.87. The van der Waals surface area contributed by atoms with Gasteiger partial charge in [-0.15, -0.1) is 12.4 Å². The van der Waals surface area contributed by atoms with Crippen LogP contribution in [0.4, 0.5) is 8.78 Å². The Balaban J connectivity index is 0.00000176. The number of rotatable bonds is 6. The van der Waals surface area contributed by atoms with E-state index in [0.717, 1.165) is 13.1 Å². The van der Waals surface area contributed by atoms with Gasteiger partial charge in [0.25, 0.3) is 0 Å². The summed E-state index contributed by atoms with van der Waals surface area (Å²) in [7, 11) is 0. The van der Waals surface area contributed by atoms with Crippen LogP contribution in [0.15, 0.2) is 24.3 Å². The molecule has 1 heterocycles. The molecule has 2 fully saturated rings. The van der Waals surface area contributed by atoms with E-state index in [2.05, 4.69) is 15.4 Å². The first-order chi connectivity index (χ1) is 10.1. The van der Waals surface area contributed by atoms with E-state index in [4.69, 9.17) is 0 Å². The van der Waals surface area contributed by atoms with Crippen LogP contribution in [0.2, 0.25) is 0 Å². The number of ether oxygens (including phenoxy) is 1. The molecule has 0 bridgehead atoms. The minimum Gasteiger partial charge on any atom is -0.435 e. The van der Waals surface area contributed by atoms with E-state index in [1.54, 1.807) is 18.2 Å². The summed E-state index contributed by atoms with van der Waals surface area (Å²) in [5, 5.41) is 6.09. The van der Waals surface area contributed by atoms with Crippen molar-refractivity contribution in [1.29, 1.82) is 0 Å². The van der Waals surface area contributed by atoms with Gasteiger partial charge in [-0.05, 0) is 24.0 Å². The van der Waals surface area contributed by atoms with Crippen molar-refractivity contribution in [2.75, 3.05) is 19.6 Å². The molecule has 122 valence electrons. The van der Waals surface area contributed by atoms with E-state index in [-0.39, 0.29) is 35.9 Å². The van der Waals surface area contributed by atoms with Crippen molar-refractivity contribution in [2.45, 2.75) is 19.0 Å². The van der Waals surface area contributed by atoms with Gasteiger partial charge in [-0.3, -0.25) is 4.79 Å². The molecule has 4 nitrogen and oxygen atoms in total. The van der Waals surface area contributed by atoms with Crippen LogP contribution in [-0.4, -0.2) is 32.2 Å². The van der Waals surface area contributed by atoms with Crippen molar-refractivity contribution >= 4 is 18.3 Å². The molecule has 7 heteroatoms. The number of para-hydroxylation sites is 1. The third-order valence-corrected chi connectivity index (χ3v) is 4.09. The average Bonchev–Trinajstić information content (AvgIpc) is 3.17. The second-order valence-electron chi connectivity index (χ2n) is 5.63. The van der Waals surface area contributed by atoms with Gasteiger partial charge in [-0.25, -0.2) is 0 Å². The molecule has 2 atom stereocenters. The highest BCUT2D eigenvalue weighted by Gasteiger charge is 2.45. The van der Waals surface area contributed by atoms with E-state index < -0.39 is 6.61 Å². The lowest BCUT2D eigenvalue weighted by molar-refractivity contribution is -0.122. The van der Waals surface area contributed by atoms with E-state index in [9.17, 15) is 13.6 Å². The zero-order valence-corrected chi connectivity index (χ0v) is 12.7. The highest BCUT2D eigenvalue weighted by atomic mass is 35.5. The molecule has 2 unspecified atom stereocenters. The van der Waals surface area contributed by atoms with Gasteiger partial charge in [-0.1, -0.05) is 18.2 Å². The van der Waals surface area contributed by atoms with Crippen LogP contribution in [0.25, 0.3) is 0 Å². The minimum absolute atomic E-state index is 0. The first-order valence-corrected chi connectivity index (χ1v) is 7.17. The summed E-state index contributed by atoms with van der Waals surface area (Å²) in [5.41, 5.74) is 0.697. The fraction of sp³-hybridized carbons (Fsp3) is 0.533. The summed E-state index contributed by atoms with van der Waals surface area (Å²) in [6, 6.07) is 6.71. The molecule has 1 aromatic carbocycles. The van der Waals surface area contributed by atoms with E-state index in [1.165, 1.54) is 6.07 Å². The van der Waals surface area contributed by atoms with Crippen molar-refractivity contribution < 1.29 is 18.3 Å². The molecule has 1 saturated heterocycles. The van der Waals surface area contributed by atoms with Crippen LogP contribution in [-0.2, 0) is 4.79 Å². The predicted molar refractivity (Wildman–Crippen MR) is 80.5 cm³/mol. The zero-order valence-electron chi connectivity index (χ0n) is 11.9. The Morgan fingerprint density at radius 3 is 2.73 bits per heavy atom. The number of benzene rings is 1. The Kier molecular flexibility index (Phi) is 5.58. The number of halogens is 3. The molecule has 22 heavy (non-hydrogen) atoms. The third-order valence-electron chi connectivity index (χ3n) is 4.09. The summed E-state index contributed by atoms with van der Waals surface area (Å²) >= 11 is 0. The Hall–Kier alpha value is -1.40. The Morgan fingerprint density at radius 2 is 2.09 bits per heavy atom. The van der Waals surface area contributed by atoms with E-state index >= 15 is 0 Å². The number of nitrogens with one attached hydrogen (secondary N) is 2. The molecular formula is C15H19ClF2N2O2. The second-order valence-corrected chi connectivity index (χ2v) is 5.63. The van der Waals surface area contributed by atoms with Crippen LogP contribution in [0, 0.1) is 11.8 Å². The molecule has 1 aromatic rings. The maximum absolute atomic E-state index is 12.4. The first-order valence-electron chi connectivity index (χ1n) is 7.17. The van der Waals surface area contributed by atoms with Crippen LogP contribution in [0.5, 0.6) is 5.75 Å². The summed E-state index contributed by atoms with van der Waals surface area (Å²) in [4.78, 5) is 12.0. The van der Waals surface area contributed by atoms with Gasteiger partial charge in [-0.2, -0.15) is 8.78 Å². The fourth-order valence-electron chi connectivity index (χ4n) is 2.69.